The fraction of sp³-hybridized carbons (Fsp3) is 0.556. The number of allylic oxidation sites excluding steroid dienone is 1. The molecular weight excluding hydrogens is 156 g/mol. The van der Waals surface area contributed by atoms with Crippen molar-refractivity contribution in [2.24, 2.45) is 5.92 Å². The number of ether oxygens (including phenoxy) is 1. The lowest BCUT2D eigenvalue weighted by Crippen LogP contribution is -2.03. The molecule has 0 aliphatic carbocycles. The van der Waals surface area contributed by atoms with Gasteiger partial charge in [-0.1, -0.05) is 13.8 Å². The van der Waals surface area contributed by atoms with Crippen LogP contribution in [-0.2, 0) is 14.3 Å². The third kappa shape index (κ3) is 5.65. The summed E-state index contributed by atoms with van der Waals surface area (Å²) < 4.78 is 4.59. The summed E-state index contributed by atoms with van der Waals surface area (Å²) in [4.78, 5) is 21.2. The van der Waals surface area contributed by atoms with Gasteiger partial charge in [0.05, 0.1) is 0 Å². The van der Waals surface area contributed by atoms with Crippen LogP contribution in [0.15, 0.2) is 12.2 Å². The molecule has 0 aliphatic heterocycles. The summed E-state index contributed by atoms with van der Waals surface area (Å²) in [7, 11) is 0. The highest BCUT2D eigenvalue weighted by Crippen LogP contribution is 1.94. The maximum Gasteiger partial charge on any atom is 0.302 e. The van der Waals surface area contributed by atoms with E-state index in [-0.39, 0.29) is 24.3 Å². The van der Waals surface area contributed by atoms with Gasteiger partial charge in [-0.25, -0.2) is 0 Å². The van der Waals surface area contributed by atoms with Gasteiger partial charge in [0.2, 0.25) is 0 Å². The zero-order valence-electron chi connectivity index (χ0n) is 7.66. The normalized spacial score (nSPS) is 10.7. The number of ketones is 1. The smallest absolute Gasteiger partial charge is 0.302 e. The van der Waals surface area contributed by atoms with E-state index in [1.807, 2.05) is 13.8 Å². The maximum atomic E-state index is 11.0. The van der Waals surface area contributed by atoms with Gasteiger partial charge in [0.1, 0.15) is 6.61 Å². The Kier molecular flexibility index (Phi) is 5.00. The van der Waals surface area contributed by atoms with Crippen LogP contribution < -0.4 is 0 Å². The second-order valence-electron chi connectivity index (χ2n) is 2.76. The molecule has 0 spiro atoms. The van der Waals surface area contributed by atoms with E-state index in [4.69, 9.17) is 0 Å². The molecular formula is C9H14O3. The summed E-state index contributed by atoms with van der Waals surface area (Å²) in [6.45, 7) is 5.14. The van der Waals surface area contributed by atoms with E-state index in [1.165, 1.54) is 13.0 Å². The summed E-state index contributed by atoms with van der Waals surface area (Å²) in [6.07, 6.45) is 2.98. The molecule has 0 aromatic rings. The summed E-state index contributed by atoms with van der Waals surface area (Å²) in [6, 6.07) is 0. The molecule has 0 radical (unpaired) electrons. The summed E-state index contributed by atoms with van der Waals surface area (Å²) in [5, 5.41) is 0. The zero-order chi connectivity index (χ0) is 9.56. The first kappa shape index (κ1) is 10.9. The Hall–Kier alpha value is -1.12. The lowest BCUT2D eigenvalue weighted by Gasteiger charge is -1.97. The van der Waals surface area contributed by atoms with Gasteiger partial charge >= 0.3 is 5.97 Å². The molecule has 0 aromatic heterocycles. The van der Waals surface area contributed by atoms with Crippen LogP contribution in [0.5, 0.6) is 0 Å². The number of hydrogen-bond acceptors (Lipinski definition) is 3. The van der Waals surface area contributed by atoms with Gasteiger partial charge < -0.3 is 4.74 Å². The molecule has 12 heavy (non-hydrogen) atoms. The quantitative estimate of drug-likeness (QED) is 0.472. The Bertz CT molecular complexity index is 192. The average molecular weight is 170 g/mol. The molecule has 0 aliphatic rings. The lowest BCUT2D eigenvalue weighted by molar-refractivity contribution is -0.139. The van der Waals surface area contributed by atoms with Crippen LogP contribution in [-0.4, -0.2) is 18.4 Å². The van der Waals surface area contributed by atoms with Crippen LogP contribution in [0.3, 0.4) is 0 Å². The first-order valence-corrected chi connectivity index (χ1v) is 3.87. The van der Waals surface area contributed by atoms with Crippen LogP contribution in [0.2, 0.25) is 0 Å². The Morgan fingerprint density at radius 2 is 2.00 bits per heavy atom. The first-order valence-electron chi connectivity index (χ1n) is 3.87. The van der Waals surface area contributed by atoms with Crippen LogP contribution >= 0.6 is 0 Å². The van der Waals surface area contributed by atoms with Gasteiger partial charge in [-0.05, 0) is 12.2 Å². The minimum atomic E-state index is -0.336. The SMILES string of the molecule is CC(=O)OC/C=C/C(=O)C(C)C. The predicted molar refractivity (Wildman–Crippen MR) is 45.6 cm³/mol. The van der Waals surface area contributed by atoms with E-state index in [1.54, 1.807) is 6.08 Å². The molecule has 0 saturated heterocycles. The molecule has 0 bridgehead atoms. The lowest BCUT2D eigenvalue weighted by atomic mass is 10.1. The average Bonchev–Trinajstić information content (AvgIpc) is 1.97. The topological polar surface area (TPSA) is 43.4 Å². The van der Waals surface area contributed by atoms with Crippen molar-refractivity contribution in [1.82, 2.24) is 0 Å². The summed E-state index contributed by atoms with van der Waals surface area (Å²) >= 11 is 0. The van der Waals surface area contributed by atoms with Gasteiger partial charge in [-0.2, -0.15) is 0 Å². The first-order chi connectivity index (χ1) is 5.54. The largest absolute Gasteiger partial charge is 0.462 e. The van der Waals surface area contributed by atoms with Crippen LogP contribution in [0.25, 0.3) is 0 Å². The van der Waals surface area contributed by atoms with Crippen molar-refractivity contribution in [2.45, 2.75) is 20.8 Å². The second-order valence-corrected chi connectivity index (χ2v) is 2.76. The van der Waals surface area contributed by atoms with Crippen molar-refractivity contribution >= 4 is 11.8 Å². The highest BCUT2D eigenvalue weighted by atomic mass is 16.5. The summed E-state index contributed by atoms with van der Waals surface area (Å²) in [5.41, 5.74) is 0. The monoisotopic (exact) mass is 170 g/mol. The van der Waals surface area contributed by atoms with Crippen molar-refractivity contribution in [3.63, 3.8) is 0 Å². The molecule has 0 aromatic carbocycles. The summed E-state index contributed by atoms with van der Waals surface area (Å²) in [5.74, 6) is -0.294. The third-order valence-corrected chi connectivity index (χ3v) is 1.23. The fourth-order valence-corrected chi connectivity index (χ4v) is 0.522. The van der Waals surface area contributed by atoms with E-state index >= 15 is 0 Å². The molecule has 0 amide bonds. The molecule has 3 heteroatoms. The molecule has 0 fully saturated rings. The Balaban J connectivity index is 3.62. The molecule has 0 N–H and O–H groups in total. The molecule has 0 unspecified atom stereocenters. The Morgan fingerprint density at radius 3 is 2.42 bits per heavy atom. The van der Waals surface area contributed by atoms with Gasteiger partial charge in [0, 0.05) is 12.8 Å². The molecule has 3 nitrogen and oxygen atoms in total. The Labute approximate surface area is 72.4 Å². The molecule has 0 saturated carbocycles. The molecule has 0 atom stereocenters. The number of carbonyl (C=O) groups is 2. The minimum absolute atomic E-state index is 0.00132. The van der Waals surface area contributed by atoms with Gasteiger partial charge in [0.15, 0.2) is 5.78 Å². The van der Waals surface area contributed by atoms with Gasteiger partial charge in [-0.3, -0.25) is 9.59 Å². The number of carbonyl (C=O) groups excluding carboxylic acids is 2. The molecule has 0 heterocycles. The predicted octanol–water partition coefficient (Wildman–Crippen LogP) is 1.33. The second kappa shape index (κ2) is 5.52. The Morgan fingerprint density at radius 1 is 1.42 bits per heavy atom. The minimum Gasteiger partial charge on any atom is -0.462 e. The number of esters is 1. The van der Waals surface area contributed by atoms with E-state index in [0.717, 1.165) is 0 Å². The highest BCUT2D eigenvalue weighted by Gasteiger charge is 2.00. The van der Waals surface area contributed by atoms with Crippen LogP contribution in [0.1, 0.15) is 20.8 Å². The standard InChI is InChI=1S/C9H14O3/c1-7(2)9(11)5-4-6-12-8(3)10/h4-5,7H,6H2,1-3H3/b5-4+. The van der Waals surface area contributed by atoms with E-state index in [0.29, 0.717) is 0 Å². The fourth-order valence-electron chi connectivity index (χ4n) is 0.522. The molecule has 68 valence electrons. The van der Waals surface area contributed by atoms with Crippen molar-refractivity contribution < 1.29 is 14.3 Å². The zero-order valence-corrected chi connectivity index (χ0v) is 7.66. The van der Waals surface area contributed by atoms with Gasteiger partial charge in [-0.15, -0.1) is 0 Å². The van der Waals surface area contributed by atoms with Crippen molar-refractivity contribution in [1.29, 1.82) is 0 Å². The number of rotatable bonds is 4. The van der Waals surface area contributed by atoms with Crippen LogP contribution in [0.4, 0.5) is 0 Å². The van der Waals surface area contributed by atoms with E-state index in [9.17, 15) is 9.59 Å². The highest BCUT2D eigenvalue weighted by molar-refractivity contribution is 5.91. The van der Waals surface area contributed by atoms with E-state index < -0.39 is 0 Å². The van der Waals surface area contributed by atoms with Crippen molar-refractivity contribution in [3.05, 3.63) is 12.2 Å². The van der Waals surface area contributed by atoms with Crippen LogP contribution in [0, 0.1) is 5.92 Å². The molecule has 0 rings (SSSR count). The number of hydrogen-bond donors (Lipinski definition) is 0. The van der Waals surface area contributed by atoms with Crippen molar-refractivity contribution in [2.75, 3.05) is 6.61 Å². The van der Waals surface area contributed by atoms with Gasteiger partial charge in [0.25, 0.3) is 0 Å². The maximum absolute atomic E-state index is 11.0. The van der Waals surface area contributed by atoms with Crippen molar-refractivity contribution in [3.8, 4) is 0 Å². The third-order valence-electron chi connectivity index (χ3n) is 1.23. The van der Waals surface area contributed by atoms with E-state index in [2.05, 4.69) is 4.74 Å².